The van der Waals surface area contributed by atoms with Crippen LogP contribution in [0, 0.1) is 0 Å². The molecule has 0 amide bonds. The molecule has 3 nitrogen and oxygen atoms in total. The summed E-state index contributed by atoms with van der Waals surface area (Å²) in [4.78, 5) is 14.8. The Kier molecular flexibility index (Phi) is 4.16. The summed E-state index contributed by atoms with van der Waals surface area (Å²) < 4.78 is 5.77. The van der Waals surface area contributed by atoms with Gasteiger partial charge in [0.15, 0.2) is 0 Å². The number of aromatic amines is 1. The van der Waals surface area contributed by atoms with Crippen molar-refractivity contribution in [3.05, 3.63) is 90.3 Å². The number of aromatic nitrogens is 1. The van der Waals surface area contributed by atoms with Crippen molar-refractivity contribution >= 4 is 11.9 Å². The molecule has 3 heteroatoms. The van der Waals surface area contributed by atoms with E-state index >= 15 is 0 Å². The molecule has 0 saturated carbocycles. The number of benzene rings is 2. The third-order valence-corrected chi connectivity index (χ3v) is 3.13. The first-order valence-corrected chi connectivity index (χ1v) is 7.00. The van der Waals surface area contributed by atoms with E-state index in [0.29, 0.717) is 5.69 Å². The highest BCUT2D eigenvalue weighted by atomic mass is 16.5. The minimum atomic E-state index is -0.0561. The fraction of sp³-hybridized carbons (Fsp3) is 0. The summed E-state index contributed by atoms with van der Waals surface area (Å²) in [6, 6.07) is 20.8. The minimum Gasteiger partial charge on any atom is -0.457 e. The van der Waals surface area contributed by atoms with Gasteiger partial charge in [-0.3, -0.25) is 4.79 Å². The van der Waals surface area contributed by atoms with E-state index < -0.39 is 0 Å². The van der Waals surface area contributed by atoms with Crippen LogP contribution in [0.1, 0.15) is 16.1 Å². The zero-order chi connectivity index (χ0) is 15.2. The highest BCUT2D eigenvalue weighted by Crippen LogP contribution is 2.22. The van der Waals surface area contributed by atoms with Gasteiger partial charge in [-0.15, -0.1) is 0 Å². The van der Waals surface area contributed by atoms with Gasteiger partial charge in [-0.2, -0.15) is 0 Å². The highest BCUT2D eigenvalue weighted by Gasteiger charge is 2.01. The van der Waals surface area contributed by atoms with E-state index in [4.69, 9.17) is 4.74 Å². The van der Waals surface area contributed by atoms with Crippen LogP contribution in [0.4, 0.5) is 0 Å². The number of ether oxygens (including phenoxy) is 1. The second-order valence-electron chi connectivity index (χ2n) is 4.77. The molecular weight excluding hydrogens is 274 g/mol. The summed E-state index contributed by atoms with van der Waals surface area (Å²) in [6.45, 7) is 0. The maximum absolute atomic E-state index is 11.9. The van der Waals surface area contributed by atoms with E-state index in [1.54, 1.807) is 30.5 Å². The van der Waals surface area contributed by atoms with E-state index in [-0.39, 0.29) is 5.78 Å². The lowest BCUT2D eigenvalue weighted by Crippen LogP contribution is -1.93. The van der Waals surface area contributed by atoms with Crippen molar-refractivity contribution in [2.75, 3.05) is 0 Å². The highest BCUT2D eigenvalue weighted by molar-refractivity contribution is 6.05. The normalized spacial score (nSPS) is 10.7. The van der Waals surface area contributed by atoms with Crippen LogP contribution in [0.5, 0.6) is 11.5 Å². The first-order valence-electron chi connectivity index (χ1n) is 7.00. The predicted molar refractivity (Wildman–Crippen MR) is 87.1 cm³/mol. The van der Waals surface area contributed by atoms with E-state index in [1.807, 2.05) is 54.6 Å². The third-order valence-electron chi connectivity index (χ3n) is 3.13. The van der Waals surface area contributed by atoms with E-state index in [9.17, 15) is 4.79 Å². The van der Waals surface area contributed by atoms with Crippen LogP contribution in [0.2, 0.25) is 0 Å². The molecule has 0 radical (unpaired) electrons. The number of ketones is 1. The molecule has 0 fully saturated rings. The Balaban J connectivity index is 1.73. The lowest BCUT2D eigenvalue weighted by atomic mass is 10.1. The average Bonchev–Trinajstić information content (AvgIpc) is 3.08. The second-order valence-corrected chi connectivity index (χ2v) is 4.77. The molecule has 1 N–H and O–H groups in total. The first-order chi connectivity index (χ1) is 10.8. The van der Waals surface area contributed by atoms with Gasteiger partial charge < -0.3 is 9.72 Å². The summed E-state index contributed by atoms with van der Waals surface area (Å²) in [5.41, 5.74) is 1.49. The van der Waals surface area contributed by atoms with Crippen molar-refractivity contribution < 1.29 is 9.53 Å². The lowest BCUT2D eigenvalue weighted by molar-refractivity contribution is 0.104. The SMILES string of the molecule is O=C(/C=C\c1cccc(Oc2ccccc2)c1)c1ccc[nH]1. The summed E-state index contributed by atoms with van der Waals surface area (Å²) in [7, 11) is 0. The van der Waals surface area contributed by atoms with Gasteiger partial charge in [0.05, 0.1) is 5.69 Å². The first kappa shape index (κ1) is 13.9. The molecule has 3 rings (SSSR count). The Bertz CT molecular complexity index is 774. The number of allylic oxidation sites excluding steroid dienone is 1. The predicted octanol–water partition coefficient (Wildman–Crippen LogP) is 4.70. The van der Waals surface area contributed by atoms with Crippen LogP contribution in [0.25, 0.3) is 6.08 Å². The van der Waals surface area contributed by atoms with Crippen LogP contribution in [-0.2, 0) is 0 Å². The zero-order valence-corrected chi connectivity index (χ0v) is 11.9. The molecule has 0 aliphatic rings. The van der Waals surface area contributed by atoms with Gasteiger partial charge in [0.25, 0.3) is 0 Å². The molecule has 22 heavy (non-hydrogen) atoms. The van der Waals surface area contributed by atoms with E-state index in [2.05, 4.69) is 4.98 Å². The molecule has 1 heterocycles. The number of rotatable bonds is 5. The van der Waals surface area contributed by atoms with Gasteiger partial charge >= 0.3 is 0 Å². The fourth-order valence-electron chi connectivity index (χ4n) is 2.05. The molecule has 1 aromatic heterocycles. The average molecular weight is 289 g/mol. The largest absolute Gasteiger partial charge is 0.457 e. The molecule has 0 aliphatic heterocycles. The molecule has 0 saturated heterocycles. The van der Waals surface area contributed by atoms with Crippen LogP contribution >= 0.6 is 0 Å². The summed E-state index contributed by atoms with van der Waals surface area (Å²) in [5, 5.41) is 0. The molecular formula is C19H15NO2. The zero-order valence-electron chi connectivity index (χ0n) is 11.9. The van der Waals surface area contributed by atoms with Gasteiger partial charge in [0.1, 0.15) is 11.5 Å². The quantitative estimate of drug-likeness (QED) is 0.546. The Morgan fingerprint density at radius 2 is 1.73 bits per heavy atom. The number of hydrogen-bond donors (Lipinski definition) is 1. The smallest absolute Gasteiger partial charge is 0.201 e. The number of hydrogen-bond acceptors (Lipinski definition) is 2. The molecule has 2 aromatic carbocycles. The maximum Gasteiger partial charge on any atom is 0.201 e. The fourth-order valence-corrected chi connectivity index (χ4v) is 2.05. The Labute approximate surface area is 128 Å². The molecule has 108 valence electrons. The minimum absolute atomic E-state index is 0.0561. The molecule has 0 spiro atoms. The number of nitrogens with one attached hydrogen (secondary N) is 1. The van der Waals surface area contributed by atoms with Gasteiger partial charge in [0.2, 0.25) is 5.78 Å². The van der Waals surface area contributed by atoms with Crippen molar-refractivity contribution in [2.45, 2.75) is 0 Å². The van der Waals surface area contributed by atoms with Crippen molar-refractivity contribution in [2.24, 2.45) is 0 Å². The Morgan fingerprint density at radius 3 is 2.50 bits per heavy atom. The van der Waals surface area contributed by atoms with Crippen molar-refractivity contribution in [1.82, 2.24) is 4.98 Å². The van der Waals surface area contributed by atoms with Crippen LogP contribution in [0.15, 0.2) is 79.0 Å². The molecule has 0 bridgehead atoms. The standard InChI is InChI=1S/C19H15NO2/c21-19(18-10-5-13-20-18)12-11-15-6-4-9-17(14-15)22-16-7-2-1-3-8-16/h1-14,20H/b12-11-. The Morgan fingerprint density at radius 1 is 0.909 bits per heavy atom. The molecule has 0 aliphatic carbocycles. The Hall–Kier alpha value is -3.07. The van der Waals surface area contributed by atoms with E-state index in [1.165, 1.54) is 0 Å². The molecule has 0 atom stereocenters. The van der Waals surface area contributed by atoms with E-state index in [0.717, 1.165) is 17.1 Å². The molecule has 0 unspecified atom stereocenters. The van der Waals surface area contributed by atoms with Crippen molar-refractivity contribution in [3.8, 4) is 11.5 Å². The van der Waals surface area contributed by atoms with Gasteiger partial charge in [-0.25, -0.2) is 0 Å². The van der Waals surface area contributed by atoms with Crippen LogP contribution < -0.4 is 4.74 Å². The molecule has 3 aromatic rings. The number of H-pyrrole nitrogens is 1. The summed E-state index contributed by atoms with van der Waals surface area (Å²) in [6.07, 6.45) is 5.06. The summed E-state index contributed by atoms with van der Waals surface area (Å²) in [5.74, 6) is 1.46. The van der Waals surface area contributed by atoms with Crippen LogP contribution in [-0.4, -0.2) is 10.8 Å². The maximum atomic E-state index is 11.9. The van der Waals surface area contributed by atoms with Gasteiger partial charge in [-0.05, 0) is 48.0 Å². The van der Waals surface area contributed by atoms with Crippen LogP contribution in [0.3, 0.4) is 0 Å². The lowest BCUT2D eigenvalue weighted by Gasteiger charge is -2.05. The number of carbonyl (C=O) groups excluding carboxylic acids is 1. The summed E-state index contributed by atoms with van der Waals surface area (Å²) >= 11 is 0. The van der Waals surface area contributed by atoms with Gasteiger partial charge in [0, 0.05) is 6.20 Å². The second kappa shape index (κ2) is 6.59. The number of para-hydroxylation sites is 1. The van der Waals surface area contributed by atoms with Gasteiger partial charge in [-0.1, -0.05) is 36.4 Å². The number of carbonyl (C=O) groups is 1. The monoisotopic (exact) mass is 289 g/mol. The third kappa shape index (κ3) is 3.52. The van der Waals surface area contributed by atoms with Crippen molar-refractivity contribution in [3.63, 3.8) is 0 Å². The topological polar surface area (TPSA) is 42.1 Å². The van der Waals surface area contributed by atoms with Crippen molar-refractivity contribution in [1.29, 1.82) is 0 Å².